The molecule has 0 atom stereocenters. The second-order valence-electron chi connectivity index (χ2n) is 5.22. The quantitative estimate of drug-likeness (QED) is 0.816. The lowest BCUT2D eigenvalue weighted by molar-refractivity contribution is -0.286. The number of carbonyl (C=O) groups excluding carboxylic acids is 1. The number of hydrogen-bond donors (Lipinski definition) is 2. The van der Waals surface area contributed by atoms with E-state index in [1.807, 2.05) is 0 Å². The summed E-state index contributed by atoms with van der Waals surface area (Å²) in [4.78, 5) is 12.4. The first-order valence-corrected chi connectivity index (χ1v) is 7.55. The number of nitrogens with one attached hydrogen (secondary N) is 1. The molecule has 3 rings (SSSR count). The van der Waals surface area contributed by atoms with Crippen molar-refractivity contribution in [1.29, 1.82) is 0 Å². The average molecular weight is 367 g/mol. The highest BCUT2D eigenvalue weighted by Gasteiger charge is 2.43. The second-order valence-corrected chi connectivity index (χ2v) is 5.22. The second kappa shape index (κ2) is 7.04. The number of ether oxygens (including phenoxy) is 4. The maximum absolute atomic E-state index is 13.0. The van der Waals surface area contributed by atoms with Crippen LogP contribution in [0.15, 0.2) is 36.4 Å². The lowest BCUT2D eigenvalue weighted by atomic mass is 10.1. The summed E-state index contributed by atoms with van der Waals surface area (Å²) in [5.41, 5.74) is 0.505. The molecule has 0 radical (unpaired) electrons. The van der Waals surface area contributed by atoms with Gasteiger partial charge in [-0.25, -0.2) is 0 Å². The Morgan fingerprint density at radius 2 is 1.92 bits per heavy atom. The molecule has 2 aromatic carbocycles. The van der Waals surface area contributed by atoms with Crippen molar-refractivity contribution in [2.24, 2.45) is 0 Å². The summed E-state index contributed by atoms with van der Waals surface area (Å²) in [5.74, 6) is -0.0846. The van der Waals surface area contributed by atoms with Gasteiger partial charge in [-0.15, -0.1) is 8.78 Å². The zero-order chi connectivity index (χ0) is 18.7. The minimum absolute atomic E-state index is 0.0395. The van der Waals surface area contributed by atoms with Gasteiger partial charge in [0.2, 0.25) is 0 Å². The van der Waals surface area contributed by atoms with Crippen molar-refractivity contribution >= 4 is 11.6 Å². The predicted octanol–water partition coefficient (Wildman–Crippen LogP) is 2.64. The van der Waals surface area contributed by atoms with Crippen LogP contribution in [0.25, 0.3) is 0 Å². The molecule has 0 bridgehead atoms. The van der Waals surface area contributed by atoms with Gasteiger partial charge in [0.05, 0.1) is 13.7 Å². The Balaban J connectivity index is 1.76. The molecule has 0 spiro atoms. The third-order valence-electron chi connectivity index (χ3n) is 3.43. The van der Waals surface area contributed by atoms with Gasteiger partial charge in [-0.2, -0.15) is 0 Å². The largest absolute Gasteiger partial charge is 0.586 e. The number of aliphatic hydroxyl groups excluding tert-OH is 1. The number of benzene rings is 2. The van der Waals surface area contributed by atoms with Crippen molar-refractivity contribution < 1.29 is 37.6 Å². The van der Waals surface area contributed by atoms with Crippen LogP contribution in [0, 0.1) is 0 Å². The number of anilines is 1. The van der Waals surface area contributed by atoms with Crippen LogP contribution < -0.4 is 24.3 Å². The minimum atomic E-state index is -3.72. The Kier molecular flexibility index (Phi) is 4.81. The van der Waals surface area contributed by atoms with E-state index < -0.39 is 12.2 Å². The van der Waals surface area contributed by atoms with Crippen LogP contribution in [0.2, 0.25) is 0 Å². The molecule has 1 aliphatic rings. The highest BCUT2D eigenvalue weighted by atomic mass is 19.3. The monoisotopic (exact) mass is 367 g/mol. The molecule has 0 fully saturated rings. The van der Waals surface area contributed by atoms with Crippen molar-refractivity contribution in [2.75, 3.05) is 25.6 Å². The molecule has 2 aromatic rings. The van der Waals surface area contributed by atoms with E-state index in [4.69, 9.17) is 14.6 Å². The molecule has 0 aromatic heterocycles. The van der Waals surface area contributed by atoms with Gasteiger partial charge in [-0.3, -0.25) is 4.79 Å². The molecule has 0 aliphatic carbocycles. The summed E-state index contributed by atoms with van der Waals surface area (Å²) in [5, 5.41) is 11.4. The van der Waals surface area contributed by atoms with Gasteiger partial charge < -0.3 is 29.4 Å². The lowest BCUT2D eigenvalue weighted by Gasteiger charge is -2.12. The van der Waals surface area contributed by atoms with Crippen molar-refractivity contribution in [3.05, 3.63) is 42.0 Å². The average Bonchev–Trinajstić information content (AvgIpc) is 2.92. The highest BCUT2D eigenvalue weighted by Crippen LogP contribution is 2.42. The molecule has 0 saturated carbocycles. The first kappa shape index (κ1) is 17.7. The van der Waals surface area contributed by atoms with E-state index in [0.29, 0.717) is 11.5 Å². The number of amides is 1. The topological polar surface area (TPSA) is 86.3 Å². The fourth-order valence-corrected chi connectivity index (χ4v) is 2.32. The predicted molar refractivity (Wildman–Crippen MR) is 86.2 cm³/mol. The van der Waals surface area contributed by atoms with Crippen LogP contribution in [0.5, 0.6) is 23.0 Å². The molecule has 26 heavy (non-hydrogen) atoms. The van der Waals surface area contributed by atoms with Crippen LogP contribution in [-0.4, -0.2) is 37.6 Å². The molecular formula is C17H15F2NO6. The first-order chi connectivity index (χ1) is 12.4. The SMILES string of the molecule is COc1ccc(C(=O)Nc2ccc3c(c2)OC(F)(F)O3)cc1OCCO. The normalized spacial score (nSPS) is 14.0. The number of hydrogen-bond acceptors (Lipinski definition) is 6. The van der Waals surface area contributed by atoms with Gasteiger partial charge in [0.1, 0.15) is 6.61 Å². The maximum atomic E-state index is 13.0. The first-order valence-electron chi connectivity index (χ1n) is 7.55. The Bertz CT molecular complexity index is 827. The van der Waals surface area contributed by atoms with Gasteiger partial charge in [-0.05, 0) is 30.3 Å². The van der Waals surface area contributed by atoms with E-state index in [2.05, 4.69) is 14.8 Å². The van der Waals surface area contributed by atoms with Gasteiger partial charge >= 0.3 is 6.29 Å². The van der Waals surface area contributed by atoms with Crippen LogP contribution in [0.1, 0.15) is 10.4 Å². The molecule has 9 heteroatoms. The maximum Gasteiger partial charge on any atom is 0.586 e. The van der Waals surface area contributed by atoms with E-state index >= 15 is 0 Å². The van der Waals surface area contributed by atoms with E-state index in [0.717, 1.165) is 0 Å². The Morgan fingerprint density at radius 3 is 2.65 bits per heavy atom. The smallest absolute Gasteiger partial charge is 0.493 e. The van der Waals surface area contributed by atoms with Crippen molar-refractivity contribution in [3.63, 3.8) is 0 Å². The number of carbonyl (C=O) groups is 1. The van der Waals surface area contributed by atoms with Crippen LogP contribution in [-0.2, 0) is 0 Å². The third kappa shape index (κ3) is 3.77. The summed E-state index contributed by atoms with van der Waals surface area (Å²) in [6.45, 7) is -0.154. The number of methoxy groups -OCH3 is 1. The van der Waals surface area contributed by atoms with E-state index in [1.54, 1.807) is 6.07 Å². The molecule has 1 heterocycles. The van der Waals surface area contributed by atoms with Crippen molar-refractivity contribution in [1.82, 2.24) is 0 Å². The number of alkyl halides is 2. The van der Waals surface area contributed by atoms with E-state index in [9.17, 15) is 13.6 Å². The Labute approximate surface area is 147 Å². The van der Waals surface area contributed by atoms with Crippen molar-refractivity contribution in [2.45, 2.75) is 6.29 Å². The fourth-order valence-electron chi connectivity index (χ4n) is 2.32. The Morgan fingerprint density at radius 1 is 1.15 bits per heavy atom. The number of fused-ring (bicyclic) bond motifs is 1. The molecular weight excluding hydrogens is 352 g/mol. The summed E-state index contributed by atoms with van der Waals surface area (Å²) in [7, 11) is 1.45. The number of aliphatic hydroxyl groups is 1. The minimum Gasteiger partial charge on any atom is -0.493 e. The fraction of sp³-hybridized carbons (Fsp3) is 0.235. The van der Waals surface area contributed by atoms with Gasteiger partial charge in [0, 0.05) is 17.3 Å². The van der Waals surface area contributed by atoms with E-state index in [-0.39, 0.29) is 36.0 Å². The number of halogens is 2. The Hall–Kier alpha value is -3.07. The molecule has 0 saturated heterocycles. The molecule has 1 amide bonds. The van der Waals surface area contributed by atoms with Crippen LogP contribution in [0.3, 0.4) is 0 Å². The number of rotatable bonds is 6. The third-order valence-corrected chi connectivity index (χ3v) is 3.43. The molecule has 138 valence electrons. The van der Waals surface area contributed by atoms with Gasteiger partial charge in [-0.1, -0.05) is 0 Å². The summed E-state index contributed by atoms with van der Waals surface area (Å²) >= 11 is 0. The highest BCUT2D eigenvalue weighted by molar-refractivity contribution is 6.04. The molecule has 1 aliphatic heterocycles. The van der Waals surface area contributed by atoms with Gasteiger partial charge in [0.25, 0.3) is 5.91 Å². The molecule has 2 N–H and O–H groups in total. The van der Waals surface area contributed by atoms with Gasteiger partial charge in [0.15, 0.2) is 23.0 Å². The standard InChI is InChI=1S/C17H15F2NO6/c1-23-12-4-2-10(8-14(12)24-7-6-21)16(22)20-11-3-5-13-15(9-11)26-17(18,19)25-13/h2-5,8-9,21H,6-7H2,1H3,(H,20,22). The summed E-state index contributed by atoms with van der Waals surface area (Å²) in [6, 6.07) is 8.43. The molecule has 0 unspecified atom stereocenters. The van der Waals surface area contributed by atoms with E-state index in [1.165, 1.54) is 37.4 Å². The molecule has 7 nitrogen and oxygen atoms in total. The van der Waals surface area contributed by atoms with Crippen LogP contribution in [0.4, 0.5) is 14.5 Å². The lowest BCUT2D eigenvalue weighted by Crippen LogP contribution is -2.25. The van der Waals surface area contributed by atoms with Crippen LogP contribution >= 0.6 is 0 Å². The summed E-state index contributed by atoms with van der Waals surface area (Å²) in [6.07, 6.45) is -3.72. The summed E-state index contributed by atoms with van der Waals surface area (Å²) < 4.78 is 45.2. The van der Waals surface area contributed by atoms with Crippen molar-refractivity contribution in [3.8, 4) is 23.0 Å². The zero-order valence-electron chi connectivity index (χ0n) is 13.6. The zero-order valence-corrected chi connectivity index (χ0v) is 13.6.